The van der Waals surface area contributed by atoms with Crippen molar-refractivity contribution in [3.63, 3.8) is 0 Å². The van der Waals surface area contributed by atoms with E-state index in [-0.39, 0.29) is 0 Å². The number of benzene rings is 1. The highest BCUT2D eigenvalue weighted by Crippen LogP contribution is 2.17. The van der Waals surface area contributed by atoms with Crippen molar-refractivity contribution in [1.82, 2.24) is 0 Å². The summed E-state index contributed by atoms with van der Waals surface area (Å²) in [5, 5.41) is 8.93. The van der Waals surface area contributed by atoms with Crippen molar-refractivity contribution >= 4 is 5.97 Å². The number of aryl methyl sites for hydroxylation is 1. The minimum atomic E-state index is -0.889. The van der Waals surface area contributed by atoms with Gasteiger partial charge >= 0.3 is 5.97 Å². The topological polar surface area (TPSA) is 46.5 Å². The molecule has 0 aliphatic rings. The average molecular weight is 264 g/mol. The smallest absolute Gasteiger partial charge is 0.335 e. The molecule has 1 N–H and O–H groups in total. The molecule has 106 valence electrons. The minimum absolute atomic E-state index is 0.340. The van der Waals surface area contributed by atoms with Crippen molar-refractivity contribution in [3.8, 4) is 5.75 Å². The molecule has 0 atom stereocenters. The first kappa shape index (κ1) is 15.5. The van der Waals surface area contributed by atoms with Crippen molar-refractivity contribution in [2.75, 3.05) is 6.61 Å². The Hall–Kier alpha value is -1.51. The third kappa shape index (κ3) is 5.77. The highest BCUT2D eigenvalue weighted by molar-refractivity contribution is 5.89. The molecule has 19 heavy (non-hydrogen) atoms. The van der Waals surface area contributed by atoms with Gasteiger partial charge in [-0.1, -0.05) is 39.0 Å². The third-order valence-corrected chi connectivity index (χ3v) is 3.19. The predicted molar refractivity (Wildman–Crippen MR) is 77.0 cm³/mol. The monoisotopic (exact) mass is 264 g/mol. The maximum Gasteiger partial charge on any atom is 0.335 e. The summed E-state index contributed by atoms with van der Waals surface area (Å²) in [6.45, 7) is 4.71. The van der Waals surface area contributed by atoms with Crippen LogP contribution in [0, 0.1) is 6.92 Å². The number of ether oxygens (including phenoxy) is 1. The van der Waals surface area contributed by atoms with Crippen molar-refractivity contribution in [2.45, 2.75) is 52.4 Å². The summed E-state index contributed by atoms with van der Waals surface area (Å²) in [7, 11) is 0. The zero-order chi connectivity index (χ0) is 14.1. The largest absolute Gasteiger partial charge is 0.494 e. The summed E-state index contributed by atoms with van der Waals surface area (Å²) >= 11 is 0. The van der Waals surface area contributed by atoms with Gasteiger partial charge in [0.1, 0.15) is 5.75 Å². The van der Waals surface area contributed by atoms with Crippen LogP contribution < -0.4 is 4.74 Å². The highest BCUT2D eigenvalue weighted by Gasteiger charge is 2.07. The number of rotatable bonds is 9. The summed E-state index contributed by atoms with van der Waals surface area (Å²) < 4.78 is 5.64. The molecule has 0 saturated carbocycles. The van der Waals surface area contributed by atoms with Gasteiger partial charge in [-0.3, -0.25) is 0 Å². The Morgan fingerprint density at radius 3 is 2.47 bits per heavy atom. The quantitative estimate of drug-likeness (QED) is 0.671. The number of carboxylic acids is 1. The summed E-state index contributed by atoms with van der Waals surface area (Å²) in [6, 6.07) is 5.13. The Balaban J connectivity index is 2.26. The first-order valence-electron chi connectivity index (χ1n) is 7.12. The summed E-state index contributed by atoms with van der Waals surface area (Å²) in [4.78, 5) is 10.9. The number of aromatic carboxylic acids is 1. The van der Waals surface area contributed by atoms with E-state index in [1.807, 2.05) is 0 Å². The van der Waals surface area contributed by atoms with Crippen LogP contribution in [0.2, 0.25) is 0 Å². The Morgan fingerprint density at radius 2 is 1.84 bits per heavy atom. The van der Waals surface area contributed by atoms with E-state index in [9.17, 15) is 4.79 Å². The third-order valence-electron chi connectivity index (χ3n) is 3.19. The van der Waals surface area contributed by atoms with E-state index in [1.54, 1.807) is 25.1 Å². The maximum atomic E-state index is 10.9. The van der Waals surface area contributed by atoms with Crippen LogP contribution in [-0.4, -0.2) is 17.7 Å². The van der Waals surface area contributed by atoms with Crippen molar-refractivity contribution < 1.29 is 14.6 Å². The summed E-state index contributed by atoms with van der Waals surface area (Å²) in [5.41, 5.74) is 1.08. The molecule has 0 radical (unpaired) electrons. The SMILES string of the molecule is CCCCCCCCOc1ccc(C(=O)O)c(C)c1. The fourth-order valence-electron chi connectivity index (χ4n) is 2.04. The van der Waals surface area contributed by atoms with Gasteiger partial charge in [0.15, 0.2) is 0 Å². The minimum Gasteiger partial charge on any atom is -0.494 e. The molecule has 0 unspecified atom stereocenters. The van der Waals surface area contributed by atoms with Crippen molar-refractivity contribution in [2.24, 2.45) is 0 Å². The molecule has 3 heteroatoms. The van der Waals surface area contributed by atoms with Gasteiger partial charge in [-0.2, -0.15) is 0 Å². The maximum absolute atomic E-state index is 10.9. The van der Waals surface area contributed by atoms with Crippen LogP contribution in [0.4, 0.5) is 0 Å². The van der Waals surface area contributed by atoms with Crippen LogP contribution >= 0.6 is 0 Å². The second kappa shape index (κ2) is 8.57. The van der Waals surface area contributed by atoms with Gasteiger partial charge in [0, 0.05) is 0 Å². The number of hydrogen-bond donors (Lipinski definition) is 1. The number of unbranched alkanes of at least 4 members (excludes halogenated alkanes) is 5. The predicted octanol–water partition coefficient (Wildman–Crippen LogP) is 4.43. The highest BCUT2D eigenvalue weighted by atomic mass is 16.5. The van der Waals surface area contributed by atoms with Crippen molar-refractivity contribution in [1.29, 1.82) is 0 Å². The zero-order valence-corrected chi connectivity index (χ0v) is 11.9. The average Bonchev–Trinajstić information content (AvgIpc) is 2.37. The van der Waals surface area contributed by atoms with E-state index in [2.05, 4.69) is 6.92 Å². The molecule has 0 aromatic heterocycles. The lowest BCUT2D eigenvalue weighted by Gasteiger charge is -2.08. The van der Waals surface area contributed by atoms with Crippen molar-refractivity contribution in [3.05, 3.63) is 29.3 Å². The Kier molecular flexibility index (Phi) is 7.01. The normalized spacial score (nSPS) is 10.4. The molecule has 0 bridgehead atoms. The van der Waals surface area contributed by atoms with Crippen LogP contribution in [0.5, 0.6) is 5.75 Å². The lowest BCUT2D eigenvalue weighted by atomic mass is 10.1. The molecule has 3 nitrogen and oxygen atoms in total. The molecule has 0 aliphatic heterocycles. The fourth-order valence-corrected chi connectivity index (χ4v) is 2.04. The molecule has 0 amide bonds. The second-order valence-corrected chi connectivity index (χ2v) is 4.90. The molecule has 0 spiro atoms. The van der Waals surface area contributed by atoms with E-state index >= 15 is 0 Å². The molecular weight excluding hydrogens is 240 g/mol. The van der Waals surface area contributed by atoms with Gasteiger partial charge < -0.3 is 9.84 Å². The number of hydrogen-bond acceptors (Lipinski definition) is 2. The number of carbonyl (C=O) groups is 1. The molecule has 1 rings (SSSR count). The van der Waals surface area contributed by atoms with E-state index in [0.29, 0.717) is 12.2 Å². The van der Waals surface area contributed by atoms with E-state index in [0.717, 1.165) is 17.7 Å². The molecule has 0 saturated heterocycles. The standard InChI is InChI=1S/C16H24O3/c1-3-4-5-6-7-8-11-19-14-9-10-15(16(17)18)13(2)12-14/h9-10,12H,3-8,11H2,1-2H3,(H,17,18). The Morgan fingerprint density at radius 1 is 1.16 bits per heavy atom. The first-order valence-corrected chi connectivity index (χ1v) is 7.12. The van der Waals surface area contributed by atoms with Gasteiger partial charge in [0.25, 0.3) is 0 Å². The summed E-state index contributed by atoms with van der Waals surface area (Å²) in [5.74, 6) is -0.129. The van der Waals surface area contributed by atoms with Gasteiger partial charge in [-0.15, -0.1) is 0 Å². The molecule has 1 aromatic carbocycles. The second-order valence-electron chi connectivity index (χ2n) is 4.90. The zero-order valence-electron chi connectivity index (χ0n) is 11.9. The lowest BCUT2D eigenvalue weighted by Crippen LogP contribution is -2.02. The van der Waals surface area contributed by atoms with Gasteiger partial charge in [0.2, 0.25) is 0 Å². The fraction of sp³-hybridized carbons (Fsp3) is 0.562. The summed E-state index contributed by atoms with van der Waals surface area (Å²) in [6.07, 6.45) is 7.43. The first-order chi connectivity index (χ1) is 9.15. The Labute approximate surface area is 115 Å². The number of carboxylic acid groups (broad SMARTS) is 1. The van der Waals surface area contributed by atoms with Crippen LogP contribution in [0.3, 0.4) is 0 Å². The van der Waals surface area contributed by atoms with Crippen LogP contribution in [0.15, 0.2) is 18.2 Å². The van der Waals surface area contributed by atoms with Crippen LogP contribution in [-0.2, 0) is 0 Å². The molecule has 1 aromatic rings. The van der Waals surface area contributed by atoms with Crippen LogP contribution in [0.25, 0.3) is 0 Å². The van der Waals surface area contributed by atoms with Gasteiger partial charge in [0.05, 0.1) is 12.2 Å². The molecular formula is C16H24O3. The van der Waals surface area contributed by atoms with Gasteiger partial charge in [-0.25, -0.2) is 4.79 Å². The molecule has 0 fully saturated rings. The molecule has 0 aliphatic carbocycles. The van der Waals surface area contributed by atoms with E-state index < -0.39 is 5.97 Å². The lowest BCUT2D eigenvalue weighted by molar-refractivity contribution is 0.0696. The molecule has 0 heterocycles. The Bertz CT molecular complexity index is 399. The van der Waals surface area contributed by atoms with Gasteiger partial charge in [-0.05, 0) is 37.1 Å². The van der Waals surface area contributed by atoms with E-state index in [4.69, 9.17) is 9.84 Å². The van der Waals surface area contributed by atoms with Crippen LogP contribution in [0.1, 0.15) is 61.4 Å². The van der Waals surface area contributed by atoms with E-state index in [1.165, 1.54) is 32.1 Å².